The van der Waals surface area contributed by atoms with Crippen LogP contribution in [-0.2, 0) is 6.18 Å². The average Bonchev–Trinajstić information content (AvgIpc) is 2.65. The summed E-state index contributed by atoms with van der Waals surface area (Å²) >= 11 is 15.2. The fourth-order valence-corrected chi connectivity index (χ4v) is 3.71. The van der Waals surface area contributed by atoms with Crippen molar-refractivity contribution >= 4 is 63.4 Å². The van der Waals surface area contributed by atoms with Crippen LogP contribution in [0.3, 0.4) is 0 Å². The number of alkyl halides is 3. The van der Waals surface area contributed by atoms with Gasteiger partial charge in [0.2, 0.25) is 0 Å². The summed E-state index contributed by atoms with van der Waals surface area (Å²) in [5.41, 5.74) is 5.12. The van der Waals surface area contributed by atoms with Gasteiger partial charge in [-0.05, 0) is 41.0 Å². The van der Waals surface area contributed by atoms with Crippen LogP contribution in [0.25, 0.3) is 5.69 Å². The van der Waals surface area contributed by atoms with Crippen LogP contribution in [0.1, 0.15) is 5.56 Å². The predicted octanol–water partition coefficient (Wildman–Crippen LogP) is 5.11. The summed E-state index contributed by atoms with van der Waals surface area (Å²) < 4.78 is 40.1. The first kappa shape index (κ1) is 17.0. The molecule has 0 saturated heterocycles. The number of rotatable bonds is 2. The Morgan fingerprint density at radius 2 is 1.81 bits per heavy atom. The molecule has 0 bridgehead atoms. The Balaban J connectivity index is 2.66. The molecule has 3 nitrogen and oxygen atoms in total. The zero-order valence-corrected chi connectivity index (χ0v) is 14.8. The number of hydrogen-bond acceptors (Lipinski definition) is 3. The van der Waals surface area contributed by atoms with E-state index in [0.29, 0.717) is 8.60 Å². The number of nitrogens with zero attached hydrogens (tertiary/aromatic N) is 2. The summed E-state index contributed by atoms with van der Waals surface area (Å²) in [5.74, 6) is 0.267. The minimum atomic E-state index is -4.53. The van der Waals surface area contributed by atoms with Crippen LogP contribution in [0.5, 0.6) is 0 Å². The molecule has 2 rings (SSSR count). The predicted molar refractivity (Wildman–Crippen MR) is 87.5 cm³/mol. The molecule has 114 valence electrons. The second kappa shape index (κ2) is 6.05. The normalized spacial score (nSPS) is 12.0. The molecule has 0 radical (unpaired) electrons. The highest BCUT2D eigenvalue weighted by Crippen LogP contribution is 2.39. The quantitative estimate of drug-likeness (QED) is 0.493. The van der Waals surface area contributed by atoms with E-state index in [4.69, 9.17) is 28.9 Å². The minimum absolute atomic E-state index is 0.127. The summed E-state index contributed by atoms with van der Waals surface area (Å²) in [5, 5.41) is 4.50. The molecular weight excluding hydrogens is 461 g/mol. The Kier molecular flexibility index (Phi) is 4.91. The highest BCUT2D eigenvalue weighted by atomic mass is 127. The summed E-state index contributed by atoms with van der Waals surface area (Å²) in [7, 11) is 0. The van der Waals surface area contributed by atoms with Gasteiger partial charge < -0.3 is 5.73 Å². The molecule has 1 aromatic carbocycles. The maximum Gasteiger partial charge on any atom is 0.416 e. The average molecular weight is 468 g/mol. The molecule has 0 aliphatic carbocycles. The van der Waals surface area contributed by atoms with Crippen molar-refractivity contribution in [3.63, 3.8) is 0 Å². The molecule has 0 fully saturated rings. The van der Waals surface area contributed by atoms with Gasteiger partial charge >= 0.3 is 6.18 Å². The SMILES string of the molecule is CSc1nn(-c2c(Cl)cc(C(F)(F)F)cc2Cl)c(N)c1I. The topological polar surface area (TPSA) is 43.8 Å². The molecular formula is C11H7Cl2F3IN3S. The van der Waals surface area contributed by atoms with Crippen LogP contribution >= 0.6 is 57.6 Å². The van der Waals surface area contributed by atoms with Crippen molar-refractivity contribution in [2.24, 2.45) is 0 Å². The minimum Gasteiger partial charge on any atom is -0.383 e. The lowest BCUT2D eigenvalue weighted by atomic mass is 10.2. The van der Waals surface area contributed by atoms with E-state index in [1.54, 1.807) is 0 Å². The van der Waals surface area contributed by atoms with Gasteiger partial charge in [0, 0.05) is 0 Å². The second-order valence-electron chi connectivity index (χ2n) is 3.91. The monoisotopic (exact) mass is 467 g/mol. The summed E-state index contributed by atoms with van der Waals surface area (Å²) in [6.07, 6.45) is -2.72. The van der Waals surface area contributed by atoms with Gasteiger partial charge in [-0.3, -0.25) is 0 Å². The third-order valence-corrected chi connectivity index (χ3v) is 5.26. The number of aromatic nitrogens is 2. The molecule has 2 N–H and O–H groups in total. The van der Waals surface area contributed by atoms with E-state index in [2.05, 4.69) is 5.10 Å². The van der Waals surface area contributed by atoms with Gasteiger partial charge in [-0.1, -0.05) is 23.2 Å². The lowest BCUT2D eigenvalue weighted by Crippen LogP contribution is -2.08. The molecule has 2 aromatic rings. The standard InChI is InChI=1S/C11H7Cl2F3IN3S/c1-21-10-7(17)9(18)20(19-10)8-5(12)2-4(3-6(8)13)11(14,15)16/h2-3H,18H2,1H3. The molecule has 0 spiro atoms. The third-order valence-electron chi connectivity index (χ3n) is 2.58. The van der Waals surface area contributed by atoms with E-state index in [9.17, 15) is 13.2 Å². The molecule has 21 heavy (non-hydrogen) atoms. The third kappa shape index (κ3) is 3.22. The maximum absolute atomic E-state index is 12.7. The van der Waals surface area contributed by atoms with E-state index in [1.807, 2.05) is 28.8 Å². The van der Waals surface area contributed by atoms with E-state index in [0.717, 1.165) is 12.1 Å². The van der Waals surface area contributed by atoms with E-state index in [-0.39, 0.29) is 21.6 Å². The van der Waals surface area contributed by atoms with Crippen molar-refractivity contribution in [1.29, 1.82) is 0 Å². The van der Waals surface area contributed by atoms with Crippen LogP contribution in [0, 0.1) is 3.57 Å². The van der Waals surface area contributed by atoms with E-state index >= 15 is 0 Å². The number of anilines is 1. The molecule has 1 heterocycles. The largest absolute Gasteiger partial charge is 0.416 e. The van der Waals surface area contributed by atoms with Crippen molar-refractivity contribution in [3.8, 4) is 5.69 Å². The van der Waals surface area contributed by atoms with Crippen molar-refractivity contribution in [2.45, 2.75) is 11.2 Å². The smallest absolute Gasteiger partial charge is 0.383 e. The Labute approximate surface area is 146 Å². The fraction of sp³-hybridized carbons (Fsp3) is 0.182. The van der Waals surface area contributed by atoms with Crippen molar-refractivity contribution in [2.75, 3.05) is 12.0 Å². The maximum atomic E-state index is 12.7. The Bertz CT molecular complexity index is 680. The van der Waals surface area contributed by atoms with Gasteiger partial charge in [0.05, 0.1) is 19.2 Å². The Hall–Kier alpha value is -0.320. The molecule has 1 aromatic heterocycles. The van der Waals surface area contributed by atoms with Gasteiger partial charge in [-0.2, -0.15) is 18.3 Å². The second-order valence-corrected chi connectivity index (χ2v) is 6.59. The molecule has 0 aliphatic heterocycles. The van der Waals surface area contributed by atoms with Gasteiger partial charge in [0.1, 0.15) is 16.5 Å². The van der Waals surface area contributed by atoms with E-state index in [1.165, 1.54) is 16.4 Å². The van der Waals surface area contributed by atoms with Gasteiger partial charge in [0.15, 0.2) is 0 Å². The van der Waals surface area contributed by atoms with Crippen LogP contribution in [-0.4, -0.2) is 16.0 Å². The van der Waals surface area contributed by atoms with Crippen LogP contribution in [0.2, 0.25) is 10.0 Å². The first-order valence-electron chi connectivity index (χ1n) is 5.31. The first-order chi connectivity index (χ1) is 9.66. The highest BCUT2D eigenvalue weighted by Gasteiger charge is 2.32. The summed E-state index contributed by atoms with van der Waals surface area (Å²) in [6.45, 7) is 0. The number of nitrogens with two attached hydrogens (primary N) is 1. The zero-order valence-electron chi connectivity index (χ0n) is 10.3. The highest BCUT2D eigenvalue weighted by molar-refractivity contribution is 14.1. The number of nitrogen functional groups attached to an aromatic ring is 1. The van der Waals surface area contributed by atoms with Crippen LogP contribution in [0.15, 0.2) is 17.2 Å². The fourth-order valence-electron chi connectivity index (χ4n) is 1.62. The van der Waals surface area contributed by atoms with Crippen LogP contribution in [0.4, 0.5) is 19.0 Å². The van der Waals surface area contributed by atoms with Gasteiger partial charge in [0.25, 0.3) is 0 Å². The number of benzene rings is 1. The van der Waals surface area contributed by atoms with Crippen molar-refractivity contribution in [1.82, 2.24) is 9.78 Å². The molecule has 0 atom stereocenters. The van der Waals surface area contributed by atoms with E-state index < -0.39 is 11.7 Å². The number of thioether (sulfide) groups is 1. The molecule has 0 saturated carbocycles. The Morgan fingerprint density at radius 3 is 2.19 bits per heavy atom. The molecule has 10 heteroatoms. The number of hydrogen-bond donors (Lipinski definition) is 1. The molecule has 0 aliphatic rings. The lowest BCUT2D eigenvalue weighted by Gasteiger charge is -2.13. The first-order valence-corrected chi connectivity index (χ1v) is 8.37. The van der Waals surface area contributed by atoms with Gasteiger partial charge in [-0.15, -0.1) is 11.8 Å². The summed E-state index contributed by atoms with van der Waals surface area (Å²) in [6, 6.07) is 1.60. The molecule has 0 amide bonds. The molecule has 0 unspecified atom stereocenters. The lowest BCUT2D eigenvalue weighted by molar-refractivity contribution is -0.137. The van der Waals surface area contributed by atoms with Gasteiger partial charge in [-0.25, -0.2) is 4.68 Å². The summed E-state index contributed by atoms with van der Waals surface area (Å²) in [4.78, 5) is 0. The van der Waals surface area contributed by atoms with Crippen molar-refractivity contribution < 1.29 is 13.2 Å². The zero-order chi connectivity index (χ0) is 15.9. The number of halogens is 6. The Morgan fingerprint density at radius 1 is 1.29 bits per heavy atom. The van der Waals surface area contributed by atoms with Crippen molar-refractivity contribution in [3.05, 3.63) is 31.3 Å². The van der Waals surface area contributed by atoms with Crippen LogP contribution < -0.4 is 5.73 Å².